The number of alkyl halides is 3. The van der Waals surface area contributed by atoms with Crippen LogP contribution >= 0.6 is 0 Å². The van der Waals surface area contributed by atoms with E-state index in [0.717, 1.165) is 36.1 Å². The van der Waals surface area contributed by atoms with Crippen molar-refractivity contribution in [2.75, 3.05) is 6.61 Å². The van der Waals surface area contributed by atoms with Crippen LogP contribution in [0.3, 0.4) is 0 Å². The van der Waals surface area contributed by atoms with E-state index < -0.39 is 11.7 Å². The Hall–Kier alpha value is -3.06. The second kappa shape index (κ2) is 13.3. The summed E-state index contributed by atoms with van der Waals surface area (Å²) in [4.78, 5) is 4.43. The van der Waals surface area contributed by atoms with E-state index in [1.165, 1.54) is 44.2 Å². The van der Waals surface area contributed by atoms with Gasteiger partial charge in [-0.1, -0.05) is 57.2 Å². The maximum absolute atomic E-state index is 12.8. The quantitative estimate of drug-likeness (QED) is 0.239. The molecule has 0 radical (unpaired) electrons. The minimum absolute atomic E-state index is 0.0128. The number of oxazole rings is 1. The molecule has 0 atom stereocenters. The van der Waals surface area contributed by atoms with Crippen molar-refractivity contribution in [2.45, 2.75) is 71.6 Å². The van der Waals surface area contributed by atoms with Crippen LogP contribution in [0.1, 0.15) is 74.5 Å². The van der Waals surface area contributed by atoms with Crippen molar-refractivity contribution < 1.29 is 27.4 Å². The van der Waals surface area contributed by atoms with E-state index in [9.17, 15) is 18.3 Å². The first-order valence-electron chi connectivity index (χ1n) is 12.5. The zero-order valence-electron chi connectivity index (χ0n) is 20.9. The van der Waals surface area contributed by atoms with Gasteiger partial charge in [0.25, 0.3) is 0 Å². The van der Waals surface area contributed by atoms with Crippen LogP contribution in [-0.2, 0) is 12.8 Å². The predicted molar refractivity (Wildman–Crippen MR) is 136 cm³/mol. The van der Waals surface area contributed by atoms with Crippen molar-refractivity contribution >= 4 is 5.57 Å². The Morgan fingerprint density at radius 2 is 1.75 bits per heavy atom. The van der Waals surface area contributed by atoms with E-state index in [1.54, 1.807) is 6.92 Å². The number of hydrogen-bond acceptors (Lipinski definition) is 4. The molecule has 0 spiro atoms. The van der Waals surface area contributed by atoms with Crippen LogP contribution in [-0.4, -0.2) is 16.7 Å². The number of benzene rings is 2. The highest BCUT2D eigenvalue weighted by Crippen LogP contribution is 2.31. The maximum atomic E-state index is 12.8. The fraction of sp³-hybridized carbons (Fsp3) is 0.414. The van der Waals surface area contributed by atoms with Crippen LogP contribution in [0.25, 0.3) is 17.0 Å². The molecule has 36 heavy (non-hydrogen) atoms. The number of nitrogens with zero attached hydrogens (tertiary/aromatic N) is 1. The molecule has 0 aliphatic carbocycles. The van der Waals surface area contributed by atoms with Crippen LogP contribution in [0.4, 0.5) is 13.2 Å². The second-order valence-corrected chi connectivity index (χ2v) is 8.84. The summed E-state index contributed by atoms with van der Waals surface area (Å²) >= 11 is 0. The Bertz CT molecular complexity index is 1120. The number of unbranched alkanes of at least 4 members (excludes halogenated alkanes) is 5. The summed E-state index contributed by atoms with van der Waals surface area (Å²) in [6, 6.07) is 12.5. The first-order chi connectivity index (χ1) is 17.3. The van der Waals surface area contributed by atoms with Gasteiger partial charge in [-0.3, -0.25) is 0 Å². The molecule has 1 aromatic heterocycles. The van der Waals surface area contributed by atoms with E-state index in [-0.39, 0.29) is 19.1 Å². The van der Waals surface area contributed by atoms with Gasteiger partial charge >= 0.3 is 6.18 Å². The SMILES string of the molecule is CCCCCCCC/C(=C/CO)c1cccc(OCc2nc(-c3ccc(C(F)(F)F)cc3)oc2C)c1. The molecule has 0 bridgehead atoms. The smallest absolute Gasteiger partial charge is 0.416 e. The van der Waals surface area contributed by atoms with Gasteiger partial charge in [0.2, 0.25) is 5.89 Å². The molecule has 3 aromatic rings. The van der Waals surface area contributed by atoms with E-state index in [4.69, 9.17) is 9.15 Å². The predicted octanol–water partition coefficient (Wildman–Crippen LogP) is 8.37. The Balaban J connectivity index is 1.62. The third-order valence-corrected chi connectivity index (χ3v) is 6.07. The lowest BCUT2D eigenvalue weighted by Gasteiger charge is -2.11. The third kappa shape index (κ3) is 7.98. The van der Waals surface area contributed by atoms with Crippen molar-refractivity contribution in [3.8, 4) is 17.2 Å². The molecule has 1 heterocycles. The van der Waals surface area contributed by atoms with Gasteiger partial charge in [-0.05, 0) is 67.3 Å². The monoisotopic (exact) mass is 501 g/mol. The number of aliphatic hydroxyl groups excluding tert-OH is 1. The number of hydrogen-bond donors (Lipinski definition) is 1. The zero-order chi connectivity index (χ0) is 26.0. The number of allylic oxidation sites excluding steroid dienone is 1. The molecular formula is C29H34F3NO3. The first-order valence-corrected chi connectivity index (χ1v) is 12.5. The van der Waals surface area contributed by atoms with E-state index >= 15 is 0 Å². The van der Waals surface area contributed by atoms with Crippen molar-refractivity contribution in [3.63, 3.8) is 0 Å². The van der Waals surface area contributed by atoms with E-state index in [0.29, 0.717) is 22.8 Å². The summed E-state index contributed by atoms with van der Waals surface area (Å²) in [5, 5.41) is 9.49. The summed E-state index contributed by atoms with van der Waals surface area (Å²) in [5.74, 6) is 1.46. The fourth-order valence-electron chi connectivity index (χ4n) is 3.99. The highest BCUT2D eigenvalue weighted by Gasteiger charge is 2.30. The topological polar surface area (TPSA) is 55.5 Å². The normalized spacial score (nSPS) is 12.2. The molecular weight excluding hydrogens is 467 g/mol. The Morgan fingerprint density at radius 3 is 2.44 bits per heavy atom. The Kier molecular flexibility index (Phi) is 10.2. The van der Waals surface area contributed by atoms with Crippen LogP contribution < -0.4 is 4.74 Å². The van der Waals surface area contributed by atoms with Crippen LogP contribution in [0.2, 0.25) is 0 Å². The molecule has 0 unspecified atom stereocenters. The minimum Gasteiger partial charge on any atom is -0.487 e. The number of ether oxygens (including phenoxy) is 1. The van der Waals surface area contributed by atoms with Crippen molar-refractivity contribution in [1.29, 1.82) is 0 Å². The summed E-state index contributed by atoms with van der Waals surface area (Å²) < 4.78 is 50.1. The average molecular weight is 502 g/mol. The number of aliphatic hydroxyl groups is 1. The number of aromatic nitrogens is 1. The minimum atomic E-state index is -4.39. The molecule has 7 heteroatoms. The number of rotatable bonds is 13. The van der Waals surface area contributed by atoms with Gasteiger partial charge in [-0.25, -0.2) is 4.98 Å². The summed E-state index contributed by atoms with van der Waals surface area (Å²) in [5.41, 5.74) is 2.43. The highest BCUT2D eigenvalue weighted by atomic mass is 19.4. The standard InChI is InChI=1S/C29H34F3NO3/c1-3-4-5-6-7-8-10-22(17-18-34)24-11-9-12-26(19-24)35-20-27-21(2)36-28(33-27)23-13-15-25(16-14-23)29(30,31)32/h9,11-17,19,34H,3-8,10,18,20H2,1-2H3/b22-17-. The highest BCUT2D eigenvalue weighted by molar-refractivity contribution is 5.66. The summed E-state index contributed by atoms with van der Waals surface area (Å²) in [7, 11) is 0. The third-order valence-electron chi connectivity index (χ3n) is 6.07. The van der Waals surface area contributed by atoms with Crippen molar-refractivity contribution in [2.24, 2.45) is 0 Å². The molecule has 3 rings (SSSR count). The maximum Gasteiger partial charge on any atom is 0.416 e. The molecule has 0 fully saturated rings. The summed E-state index contributed by atoms with van der Waals surface area (Å²) in [6.07, 6.45) is 5.60. The van der Waals surface area contributed by atoms with Crippen LogP contribution in [0.5, 0.6) is 5.75 Å². The largest absolute Gasteiger partial charge is 0.487 e. The molecule has 0 saturated carbocycles. The van der Waals surface area contributed by atoms with Gasteiger partial charge in [0.15, 0.2) is 0 Å². The molecule has 0 amide bonds. The Labute approximate surface area is 210 Å². The Morgan fingerprint density at radius 1 is 1.03 bits per heavy atom. The number of halogens is 3. The van der Waals surface area contributed by atoms with E-state index in [1.807, 2.05) is 30.3 Å². The first kappa shape index (κ1) is 27.5. The molecule has 0 aliphatic heterocycles. The molecule has 1 N–H and O–H groups in total. The van der Waals surface area contributed by atoms with Crippen molar-refractivity contribution in [1.82, 2.24) is 4.98 Å². The van der Waals surface area contributed by atoms with E-state index in [2.05, 4.69) is 11.9 Å². The molecule has 4 nitrogen and oxygen atoms in total. The second-order valence-electron chi connectivity index (χ2n) is 8.84. The van der Waals surface area contributed by atoms with Gasteiger partial charge in [0.1, 0.15) is 23.8 Å². The average Bonchev–Trinajstić information content (AvgIpc) is 3.24. The van der Waals surface area contributed by atoms with Crippen molar-refractivity contribution in [3.05, 3.63) is 77.2 Å². The molecule has 0 aliphatic rings. The lowest BCUT2D eigenvalue weighted by molar-refractivity contribution is -0.137. The fourth-order valence-corrected chi connectivity index (χ4v) is 3.99. The van der Waals surface area contributed by atoms with Crippen LogP contribution in [0.15, 0.2) is 59.0 Å². The molecule has 194 valence electrons. The molecule has 2 aromatic carbocycles. The van der Waals surface area contributed by atoms with Gasteiger partial charge in [0, 0.05) is 5.56 Å². The summed E-state index contributed by atoms with van der Waals surface area (Å²) in [6.45, 7) is 4.11. The zero-order valence-corrected chi connectivity index (χ0v) is 20.9. The lowest BCUT2D eigenvalue weighted by Crippen LogP contribution is -2.04. The van der Waals surface area contributed by atoms with Gasteiger partial charge < -0.3 is 14.3 Å². The van der Waals surface area contributed by atoms with Gasteiger partial charge in [-0.15, -0.1) is 0 Å². The van der Waals surface area contributed by atoms with Gasteiger partial charge in [0.05, 0.1) is 12.2 Å². The molecule has 0 saturated heterocycles. The number of aryl methyl sites for hydroxylation is 1. The lowest BCUT2D eigenvalue weighted by atomic mass is 9.98. The van der Waals surface area contributed by atoms with Crippen LogP contribution in [0, 0.1) is 6.92 Å². The van der Waals surface area contributed by atoms with Gasteiger partial charge in [-0.2, -0.15) is 13.2 Å².